The maximum absolute atomic E-state index is 13.4. The molecule has 0 spiro atoms. The number of halogens is 4. The van der Waals surface area contributed by atoms with Gasteiger partial charge >= 0.3 is 0 Å². The zero-order chi connectivity index (χ0) is 13.1. The van der Waals surface area contributed by atoms with Gasteiger partial charge in [-0.25, -0.2) is 8.78 Å². The minimum atomic E-state index is -0.747. The first kappa shape index (κ1) is 13.3. The van der Waals surface area contributed by atoms with Gasteiger partial charge in [0.05, 0.1) is 4.47 Å². The molecule has 0 saturated heterocycles. The Labute approximate surface area is 116 Å². The maximum atomic E-state index is 13.4. The maximum Gasteiger partial charge on any atom is 0.168 e. The van der Waals surface area contributed by atoms with Crippen LogP contribution in [-0.4, -0.2) is 0 Å². The van der Waals surface area contributed by atoms with E-state index in [1.165, 1.54) is 6.07 Å². The van der Waals surface area contributed by atoms with Crippen LogP contribution in [0.5, 0.6) is 11.5 Å². The van der Waals surface area contributed by atoms with Gasteiger partial charge in [0.15, 0.2) is 11.6 Å². The molecule has 94 valence electrons. The molecule has 0 amide bonds. The topological polar surface area (TPSA) is 9.23 Å². The van der Waals surface area contributed by atoms with Crippen LogP contribution in [0.2, 0.25) is 0 Å². The van der Waals surface area contributed by atoms with E-state index in [9.17, 15) is 8.78 Å². The molecule has 0 radical (unpaired) electrons. The van der Waals surface area contributed by atoms with Crippen molar-refractivity contribution in [3.05, 3.63) is 58.1 Å². The highest BCUT2D eigenvalue weighted by Crippen LogP contribution is 2.32. The second-order valence-electron chi connectivity index (χ2n) is 3.58. The van der Waals surface area contributed by atoms with Gasteiger partial charge in [-0.2, -0.15) is 0 Å². The highest BCUT2D eigenvalue weighted by atomic mass is 79.9. The summed E-state index contributed by atoms with van der Waals surface area (Å²) in [6, 6.07) is 8.38. The predicted octanol–water partition coefficient (Wildman–Crippen LogP) is 5.26. The van der Waals surface area contributed by atoms with Gasteiger partial charge < -0.3 is 4.74 Å². The van der Waals surface area contributed by atoms with Crippen LogP contribution >= 0.6 is 27.5 Å². The quantitative estimate of drug-likeness (QED) is 0.696. The summed E-state index contributed by atoms with van der Waals surface area (Å²) in [5, 5.41) is 0. The van der Waals surface area contributed by atoms with E-state index in [4.69, 9.17) is 16.3 Å². The third-order valence-electron chi connectivity index (χ3n) is 2.26. The second-order valence-corrected chi connectivity index (χ2v) is 4.70. The van der Waals surface area contributed by atoms with E-state index in [-0.39, 0.29) is 5.75 Å². The van der Waals surface area contributed by atoms with E-state index in [1.807, 2.05) is 0 Å². The molecule has 18 heavy (non-hydrogen) atoms. The second kappa shape index (κ2) is 5.67. The summed E-state index contributed by atoms with van der Waals surface area (Å²) in [7, 11) is 0. The average Bonchev–Trinajstić information content (AvgIpc) is 2.34. The fourth-order valence-electron chi connectivity index (χ4n) is 1.39. The Morgan fingerprint density at radius 2 is 1.78 bits per heavy atom. The first-order valence-electron chi connectivity index (χ1n) is 5.07. The summed E-state index contributed by atoms with van der Waals surface area (Å²) >= 11 is 9.00. The number of alkyl halides is 1. The van der Waals surface area contributed by atoms with Gasteiger partial charge in [0.25, 0.3) is 0 Å². The molecule has 0 bridgehead atoms. The molecule has 2 rings (SSSR count). The van der Waals surface area contributed by atoms with Crippen LogP contribution in [0.25, 0.3) is 0 Å². The van der Waals surface area contributed by atoms with Crippen LogP contribution in [0.1, 0.15) is 5.56 Å². The molecule has 0 aromatic heterocycles. The van der Waals surface area contributed by atoms with Gasteiger partial charge in [0.2, 0.25) is 0 Å². The van der Waals surface area contributed by atoms with Crippen molar-refractivity contribution in [1.29, 1.82) is 0 Å². The van der Waals surface area contributed by atoms with Gasteiger partial charge in [-0.1, -0.05) is 6.07 Å². The number of hydrogen-bond acceptors (Lipinski definition) is 1. The molecular formula is C13H8BrClF2O. The minimum absolute atomic E-state index is 0.0317. The van der Waals surface area contributed by atoms with Crippen molar-refractivity contribution in [3.8, 4) is 11.5 Å². The van der Waals surface area contributed by atoms with Crippen LogP contribution in [0, 0.1) is 11.6 Å². The summed E-state index contributed by atoms with van der Waals surface area (Å²) in [6.07, 6.45) is 0. The van der Waals surface area contributed by atoms with E-state index in [0.717, 1.165) is 17.7 Å². The van der Waals surface area contributed by atoms with E-state index in [1.54, 1.807) is 18.2 Å². The summed E-state index contributed by atoms with van der Waals surface area (Å²) in [5.74, 6) is -0.603. The molecule has 0 N–H and O–H groups in total. The molecule has 0 heterocycles. The molecule has 5 heteroatoms. The number of rotatable bonds is 3. The lowest BCUT2D eigenvalue weighted by molar-refractivity contribution is 0.435. The lowest BCUT2D eigenvalue weighted by atomic mass is 10.2. The van der Waals surface area contributed by atoms with Gasteiger partial charge in [-0.3, -0.25) is 0 Å². The van der Waals surface area contributed by atoms with Gasteiger partial charge in [-0.05, 0) is 45.8 Å². The normalized spacial score (nSPS) is 10.4. The Morgan fingerprint density at radius 3 is 2.39 bits per heavy atom. The van der Waals surface area contributed by atoms with Crippen molar-refractivity contribution in [2.24, 2.45) is 0 Å². The van der Waals surface area contributed by atoms with Crippen molar-refractivity contribution in [2.75, 3.05) is 0 Å². The Hall–Kier alpha value is -1.13. The molecule has 1 nitrogen and oxygen atoms in total. The van der Waals surface area contributed by atoms with Crippen LogP contribution in [0.15, 0.2) is 40.9 Å². The van der Waals surface area contributed by atoms with Crippen molar-refractivity contribution in [3.63, 3.8) is 0 Å². The fraction of sp³-hybridized carbons (Fsp3) is 0.0769. The third-order valence-corrected chi connectivity index (χ3v) is 3.19. The predicted molar refractivity (Wildman–Crippen MR) is 70.1 cm³/mol. The fourth-order valence-corrected chi connectivity index (χ4v) is 2.06. The highest BCUT2D eigenvalue weighted by Gasteiger charge is 2.09. The van der Waals surface area contributed by atoms with E-state index in [0.29, 0.717) is 16.1 Å². The van der Waals surface area contributed by atoms with Crippen molar-refractivity contribution < 1.29 is 13.5 Å². The Bertz CT molecular complexity index is 575. The SMILES string of the molecule is Fc1ccc(Oc2ccc(CCl)cc2Br)c(F)c1. The first-order valence-corrected chi connectivity index (χ1v) is 6.40. The minimum Gasteiger partial charge on any atom is -0.453 e. The van der Waals surface area contributed by atoms with E-state index in [2.05, 4.69) is 15.9 Å². The van der Waals surface area contributed by atoms with Crippen molar-refractivity contribution in [2.45, 2.75) is 5.88 Å². The summed E-state index contributed by atoms with van der Waals surface area (Å²) in [4.78, 5) is 0. The molecule has 0 saturated carbocycles. The zero-order valence-corrected chi connectivity index (χ0v) is 11.4. The van der Waals surface area contributed by atoms with Gasteiger partial charge in [0, 0.05) is 11.9 Å². The number of benzene rings is 2. The van der Waals surface area contributed by atoms with E-state index >= 15 is 0 Å². The van der Waals surface area contributed by atoms with E-state index < -0.39 is 11.6 Å². The molecule has 0 aliphatic carbocycles. The number of ether oxygens (including phenoxy) is 1. The number of hydrogen-bond donors (Lipinski definition) is 0. The van der Waals surface area contributed by atoms with Gasteiger partial charge in [-0.15, -0.1) is 11.6 Å². The molecular weight excluding hydrogens is 325 g/mol. The Morgan fingerprint density at radius 1 is 1.06 bits per heavy atom. The highest BCUT2D eigenvalue weighted by molar-refractivity contribution is 9.10. The standard InChI is InChI=1S/C13H8BrClF2O/c14-10-5-8(7-15)1-3-12(10)18-13-4-2-9(16)6-11(13)17/h1-6H,7H2. The van der Waals surface area contributed by atoms with Crippen LogP contribution in [0.3, 0.4) is 0 Å². The van der Waals surface area contributed by atoms with Gasteiger partial charge in [0.1, 0.15) is 11.6 Å². The molecule has 0 aliphatic rings. The third kappa shape index (κ3) is 3.00. The summed E-state index contributed by atoms with van der Waals surface area (Å²) in [6.45, 7) is 0. The molecule has 0 atom stereocenters. The monoisotopic (exact) mass is 332 g/mol. The lowest BCUT2D eigenvalue weighted by Crippen LogP contribution is -1.91. The largest absolute Gasteiger partial charge is 0.453 e. The molecule has 2 aromatic rings. The molecule has 0 aliphatic heterocycles. The smallest absolute Gasteiger partial charge is 0.168 e. The van der Waals surface area contributed by atoms with Crippen molar-refractivity contribution >= 4 is 27.5 Å². The Balaban J connectivity index is 2.28. The molecule has 2 aromatic carbocycles. The lowest BCUT2D eigenvalue weighted by Gasteiger charge is -2.09. The summed E-state index contributed by atoms with van der Waals surface area (Å²) in [5.41, 5.74) is 0.912. The van der Waals surface area contributed by atoms with Crippen LogP contribution in [0.4, 0.5) is 8.78 Å². The first-order chi connectivity index (χ1) is 8.60. The molecule has 0 unspecified atom stereocenters. The van der Waals surface area contributed by atoms with Crippen LogP contribution in [-0.2, 0) is 5.88 Å². The average molecular weight is 334 g/mol. The van der Waals surface area contributed by atoms with Crippen molar-refractivity contribution in [1.82, 2.24) is 0 Å². The molecule has 0 fully saturated rings. The van der Waals surface area contributed by atoms with Crippen LogP contribution < -0.4 is 4.74 Å². The Kier molecular flexibility index (Phi) is 4.19. The zero-order valence-electron chi connectivity index (χ0n) is 9.09. The summed E-state index contributed by atoms with van der Waals surface area (Å²) < 4.78 is 32.2.